The van der Waals surface area contributed by atoms with E-state index in [1.54, 1.807) is 12.1 Å². The van der Waals surface area contributed by atoms with Crippen LogP contribution in [0, 0.1) is 0 Å². The molecule has 44 heavy (non-hydrogen) atoms. The first-order valence-corrected chi connectivity index (χ1v) is 16.2. The van der Waals surface area contributed by atoms with Gasteiger partial charge in [0, 0.05) is 23.7 Å². The van der Waals surface area contributed by atoms with Gasteiger partial charge in [-0.15, -0.1) is 10.2 Å². The maximum absolute atomic E-state index is 13.6. The molecule has 2 aromatic heterocycles. The van der Waals surface area contributed by atoms with Crippen molar-refractivity contribution in [2.24, 2.45) is 0 Å². The quantitative estimate of drug-likeness (QED) is 0.0402. The second-order valence-corrected chi connectivity index (χ2v) is 12.5. The zero-order valence-electron chi connectivity index (χ0n) is 24.1. The first kappa shape index (κ1) is 29.5. The Morgan fingerprint density at radius 3 is 2.52 bits per heavy atom. The molecule has 3 aromatic carbocycles. The third-order valence-corrected chi connectivity index (χ3v) is 9.55. The van der Waals surface area contributed by atoms with Crippen molar-refractivity contribution in [1.82, 2.24) is 15.2 Å². The summed E-state index contributed by atoms with van der Waals surface area (Å²) in [5.74, 6) is -0.469. The van der Waals surface area contributed by atoms with Crippen molar-refractivity contribution in [3.8, 4) is 5.75 Å². The minimum absolute atomic E-state index is 0.0158. The molecule has 1 N–H and O–H groups in total. The number of pyridine rings is 1. The smallest absolute Gasteiger partial charge is 0.301 e. The Labute approximate surface area is 263 Å². The Bertz CT molecular complexity index is 1820. The highest BCUT2D eigenvalue weighted by Gasteiger charge is 2.48. The summed E-state index contributed by atoms with van der Waals surface area (Å²) >= 11 is 2.76. The van der Waals surface area contributed by atoms with Gasteiger partial charge < -0.3 is 9.84 Å². The second-order valence-electron chi connectivity index (χ2n) is 10.3. The molecule has 0 bridgehead atoms. The molecule has 1 unspecified atom stereocenters. The first-order chi connectivity index (χ1) is 21.5. The van der Waals surface area contributed by atoms with Crippen LogP contribution in [0.15, 0.2) is 101 Å². The minimum Gasteiger partial charge on any atom is -0.507 e. The van der Waals surface area contributed by atoms with Crippen LogP contribution in [0.3, 0.4) is 0 Å². The number of hydrogen-bond acceptors (Lipinski definition) is 9. The molecule has 0 spiro atoms. The fraction of sp³-hybridized carbons (Fsp3) is 0.206. The fourth-order valence-electron chi connectivity index (χ4n) is 5.21. The van der Waals surface area contributed by atoms with Crippen molar-refractivity contribution >= 4 is 56.5 Å². The van der Waals surface area contributed by atoms with Gasteiger partial charge in [0.2, 0.25) is 5.13 Å². The molecule has 6 rings (SSSR count). The van der Waals surface area contributed by atoms with E-state index in [1.165, 1.54) is 56.7 Å². The number of aliphatic hydroxyl groups excluding tert-OH is 1. The molecule has 3 heterocycles. The molecule has 1 aliphatic rings. The number of carbonyl (C=O) groups is 2. The number of ketones is 1. The molecule has 0 saturated carbocycles. The Balaban J connectivity index is 1.32. The van der Waals surface area contributed by atoms with Crippen molar-refractivity contribution in [3.05, 3.63) is 114 Å². The number of thioether (sulfide) groups is 1. The molecule has 1 atom stereocenters. The van der Waals surface area contributed by atoms with E-state index in [0.717, 1.165) is 19.3 Å². The van der Waals surface area contributed by atoms with Crippen LogP contribution < -0.4 is 9.64 Å². The van der Waals surface area contributed by atoms with Crippen LogP contribution in [0.4, 0.5) is 5.13 Å². The maximum Gasteiger partial charge on any atom is 0.301 e. The molecule has 5 aromatic rings. The lowest BCUT2D eigenvalue weighted by Crippen LogP contribution is -2.29. The van der Waals surface area contributed by atoms with Crippen LogP contribution in [0.2, 0.25) is 0 Å². The predicted molar refractivity (Wildman–Crippen MR) is 174 cm³/mol. The molecular weight excluding hydrogens is 593 g/mol. The number of rotatable bonds is 11. The highest BCUT2D eigenvalue weighted by atomic mass is 32.2. The van der Waals surface area contributed by atoms with Crippen molar-refractivity contribution in [1.29, 1.82) is 0 Å². The second kappa shape index (κ2) is 13.4. The van der Waals surface area contributed by atoms with Crippen LogP contribution in [0.1, 0.15) is 48.9 Å². The number of Topliss-reactive ketones (excluding diaryl/α,β-unsaturated/α-hetero) is 1. The van der Waals surface area contributed by atoms with Gasteiger partial charge in [0.05, 0.1) is 18.2 Å². The number of aromatic nitrogens is 3. The number of ether oxygens (including phenoxy) is 1. The molecule has 222 valence electrons. The molecule has 1 amide bonds. The maximum atomic E-state index is 13.6. The van der Waals surface area contributed by atoms with Crippen LogP contribution in [0.5, 0.6) is 5.75 Å². The summed E-state index contributed by atoms with van der Waals surface area (Å²) in [6, 6.07) is 24.0. The number of benzene rings is 3. The van der Waals surface area contributed by atoms with Crippen molar-refractivity contribution in [2.45, 2.75) is 42.3 Å². The van der Waals surface area contributed by atoms with E-state index in [-0.39, 0.29) is 16.5 Å². The standard InChI is InChI=1S/C34H30N4O4S2/c1-2-3-6-20-42-26-14-12-23(13-15-26)29-28(30(39)24-16-18-35-19-17-24)31(40)32(41)38(29)33-36-37-34(44-33)43-21-25-10-7-9-22-8-4-5-11-27(22)25/h4-5,7-19,29,39H,2-3,6,20-21H2,1H3. The molecule has 0 aliphatic carbocycles. The van der Waals surface area contributed by atoms with E-state index in [9.17, 15) is 14.7 Å². The SMILES string of the molecule is CCCCCOc1ccc(C2C(=C(O)c3ccncc3)C(=O)C(=O)N2c2nnc(SCc3cccc4ccccc34)s2)cc1. The summed E-state index contributed by atoms with van der Waals surface area (Å²) < 4.78 is 6.54. The van der Waals surface area contributed by atoms with Gasteiger partial charge in [-0.2, -0.15) is 0 Å². The van der Waals surface area contributed by atoms with E-state index in [2.05, 4.69) is 46.4 Å². The lowest BCUT2D eigenvalue weighted by Gasteiger charge is -2.22. The summed E-state index contributed by atoms with van der Waals surface area (Å²) in [6.45, 7) is 2.75. The van der Waals surface area contributed by atoms with Gasteiger partial charge in [-0.1, -0.05) is 97.5 Å². The zero-order chi connectivity index (χ0) is 30.5. The number of hydrogen-bond donors (Lipinski definition) is 1. The normalized spacial score (nSPS) is 16.1. The van der Waals surface area contributed by atoms with Crippen LogP contribution >= 0.6 is 23.1 Å². The lowest BCUT2D eigenvalue weighted by molar-refractivity contribution is -0.132. The Hall–Kier alpha value is -4.54. The summed E-state index contributed by atoms with van der Waals surface area (Å²) in [5, 5.41) is 22.6. The third-order valence-electron chi connectivity index (χ3n) is 7.44. The molecule has 10 heteroatoms. The van der Waals surface area contributed by atoms with Gasteiger partial charge in [-0.3, -0.25) is 19.5 Å². The average Bonchev–Trinajstić information content (AvgIpc) is 3.64. The number of nitrogens with zero attached hydrogens (tertiary/aromatic N) is 4. The van der Waals surface area contributed by atoms with Gasteiger partial charge in [0.1, 0.15) is 11.5 Å². The monoisotopic (exact) mass is 622 g/mol. The Morgan fingerprint density at radius 2 is 1.73 bits per heavy atom. The lowest BCUT2D eigenvalue weighted by atomic mass is 9.95. The fourth-order valence-corrected chi connectivity index (χ4v) is 7.09. The van der Waals surface area contributed by atoms with Gasteiger partial charge in [0.15, 0.2) is 4.34 Å². The van der Waals surface area contributed by atoms with E-state index >= 15 is 0 Å². The number of anilines is 1. The molecule has 8 nitrogen and oxygen atoms in total. The van der Waals surface area contributed by atoms with Gasteiger partial charge in [0.25, 0.3) is 5.78 Å². The number of fused-ring (bicyclic) bond motifs is 1. The highest BCUT2D eigenvalue weighted by Crippen LogP contribution is 2.44. The first-order valence-electron chi connectivity index (χ1n) is 14.4. The van der Waals surface area contributed by atoms with E-state index in [4.69, 9.17) is 4.74 Å². The van der Waals surface area contributed by atoms with Crippen molar-refractivity contribution in [2.75, 3.05) is 11.5 Å². The van der Waals surface area contributed by atoms with Gasteiger partial charge in [-0.05, 0) is 52.6 Å². The zero-order valence-corrected chi connectivity index (χ0v) is 25.7. The molecule has 0 radical (unpaired) electrons. The van der Waals surface area contributed by atoms with Crippen LogP contribution in [-0.4, -0.2) is 38.6 Å². The Morgan fingerprint density at radius 1 is 0.955 bits per heavy atom. The Kier molecular flexibility index (Phi) is 8.99. The molecule has 1 fully saturated rings. The van der Waals surface area contributed by atoms with Gasteiger partial charge in [-0.25, -0.2) is 0 Å². The number of unbranched alkanes of at least 4 members (excludes halogenated alkanes) is 2. The highest BCUT2D eigenvalue weighted by molar-refractivity contribution is 8.00. The summed E-state index contributed by atoms with van der Waals surface area (Å²) in [5.41, 5.74) is 2.18. The molecule has 1 aliphatic heterocycles. The topological polar surface area (TPSA) is 106 Å². The van der Waals surface area contributed by atoms with Crippen LogP contribution in [-0.2, 0) is 15.3 Å². The number of carbonyl (C=O) groups excluding carboxylic acids is 2. The summed E-state index contributed by atoms with van der Waals surface area (Å²) in [7, 11) is 0. The van der Waals surface area contributed by atoms with Gasteiger partial charge >= 0.3 is 5.91 Å². The van der Waals surface area contributed by atoms with E-state index < -0.39 is 17.7 Å². The van der Waals surface area contributed by atoms with Crippen LogP contribution in [0.25, 0.3) is 16.5 Å². The predicted octanol–water partition coefficient (Wildman–Crippen LogP) is 7.57. The summed E-state index contributed by atoms with van der Waals surface area (Å²) in [4.78, 5) is 32.4. The van der Waals surface area contributed by atoms with E-state index in [0.29, 0.717) is 33.6 Å². The van der Waals surface area contributed by atoms with Crippen molar-refractivity contribution in [3.63, 3.8) is 0 Å². The van der Waals surface area contributed by atoms with E-state index in [1.807, 2.05) is 42.5 Å². The molecular formula is C34H30N4O4S2. The molecule has 1 saturated heterocycles. The number of aliphatic hydroxyl groups is 1. The average molecular weight is 623 g/mol. The number of amides is 1. The third kappa shape index (κ3) is 6.09. The summed E-state index contributed by atoms with van der Waals surface area (Å²) in [6.07, 6.45) is 6.20. The van der Waals surface area contributed by atoms with Crippen molar-refractivity contribution < 1.29 is 19.4 Å². The minimum atomic E-state index is -0.902. The largest absolute Gasteiger partial charge is 0.507 e.